The molecular weight excluding hydrogens is 410 g/mol. The summed E-state index contributed by atoms with van der Waals surface area (Å²) in [5.41, 5.74) is 3.69. The van der Waals surface area contributed by atoms with Crippen molar-refractivity contribution in [3.63, 3.8) is 0 Å². The van der Waals surface area contributed by atoms with Gasteiger partial charge in [-0.15, -0.1) is 11.3 Å². The molecule has 29 heavy (non-hydrogen) atoms. The molecule has 2 aromatic carbocycles. The van der Waals surface area contributed by atoms with Gasteiger partial charge in [0.15, 0.2) is 0 Å². The van der Waals surface area contributed by atoms with Crippen LogP contribution < -0.4 is 5.32 Å². The summed E-state index contributed by atoms with van der Waals surface area (Å²) in [6.07, 6.45) is -0.316. The Kier molecular flexibility index (Phi) is 5.39. The van der Waals surface area contributed by atoms with Crippen LogP contribution in [-0.4, -0.2) is 48.9 Å². The fourth-order valence-electron chi connectivity index (χ4n) is 3.39. The second-order valence-electron chi connectivity index (χ2n) is 7.09. The van der Waals surface area contributed by atoms with E-state index in [9.17, 15) is 13.2 Å². The van der Waals surface area contributed by atoms with Gasteiger partial charge < -0.3 is 10.1 Å². The average molecular weight is 432 g/mol. The van der Waals surface area contributed by atoms with Crippen LogP contribution in [0.4, 0.5) is 5.69 Å². The Labute approximate surface area is 173 Å². The van der Waals surface area contributed by atoms with E-state index < -0.39 is 10.0 Å². The SMILES string of the molecule is C[C@H]1CN(S(=O)(=O)c2ccc(C(=O)Nc3ccc4ncsc4c3)cc2)C[C@H](C)O1. The summed E-state index contributed by atoms with van der Waals surface area (Å²) in [5, 5.41) is 2.84. The van der Waals surface area contributed by atoms with Crippen LogP contribution >= 0.6 is 11.3 Å². The minimum absolute atomic E-state index is 0.158. The van der Waals surface area contributed by atoms with Gasteiger partial charge in [-0.25, -0.2) is 13.4 Å². The number of benzene rings is 2. The molecule has 0 spiro atoms. The van der Waals surface area contributed by atoms with Crippen molar-refractivity contribution in [2.45, 2.75) is 31.0 Å². The van der Waals surface area contributed by atoms with E-state index in [0.29, 0.717) is 24.3 Å². The van der Waals surface area contributed by atoms with Crippen molar-refractivity contribution >= 4 is 43.2 Å². The quantitative estimate of drug-likeness (QED) is 0.684. The molecule has 0 aliphatic carbocycles. The fourth-order valence-corrected chi connectivity index (χ4v) is 5.70. The maximum absolute atomic E-state index is 12.9. The number of ether oxygens (including phenoxy) is 1. The Balaban J connectivity index is 1.50. The van der Waals surface area contributed by atoms with E-state index in [2.05, 4.69) is 10.3 Å². The van der Waals surface area contributed by atoms with Crippen LogP contribution in [-0.2, 0) is 14.8 Å². The highest BCUT2D eigenvalue weighted by Gasteiger charge is 2.32. The molecule has 0 radical (unpaired) electrons. The number of carbonyl (C=O) groups excluding carboxylic acids is 1. The van der Waals surface area contributed by atoms with E-state index in [1.807, 2.05) is 26.0 Å². The number of anilines is 1. The maximum atomic E-state index is 12.9. The second-order valence-corrected chi connectivity index (χ2v) is 9.92. The monoisotopic (exact) mass is 431 g/mol. The van der Waals surface area contributed by atoms with Gasteiger partial charge in [0.05, 0.1) is 32.8 Å². The number of thiazole rings is 1. The Bertz CT molecular complexity index is 1130. The normalized spacial score (nSPS) is 20.6. The Morgan fingerprint density at radius 2 is 1.83 bits per heavy atom. The summed E-state index contributed by atoms with van der Waals surface area (Å²) in [6.45, 7) is 4.34. The molecule has 9 heteroatoms. The van der Waals surface area contributed by atoms with E-state index in [4.69, 9.17) is 4.74 Å². The summed E-state index contributed by atoms with van der Waals surface area (Å²) >= 11 is 1.50. The molecular formula is C20H21N3O4S2. The fraction of sp³-hybridized carbons (Fsp3) is 0.300. The van der Waals surface area contributed by atoms with Crippen molar-refractivity contribution in [1.29, 1.82) is 0 Å². The molecule has 1 fully saturated rings. The molecule has 1 amide bonds. The van der Waals surface area contributed by atoms with Gasteiger partial charge >= 0.3 is 0 Å². The van der Waals surface area contributed by atoms with Crippen LogP contribution in [0.15, 0.2) is 52.9 Å². The summed E-state index contributed by atoms with van der Waals surface area (Å²) < 4.78 is 33.9. The van der Waals surface area contributed by atoms with E-state index in [0.717, 1.165) is 10.2 Å². The van der Waals surface area contributed by atoms with Gasteiger partial charge in [-0.2, -0.15) is 4.31 Å². The molecule has 1 saturated heterocycles. The van der Waals surface area contributed by atoms with Crippen molar-refractivity contribution in [3.05, 3.63) is 53.5 Å². The first-order chi connectivity index (χ1) is 13.8. The molecule has 0 unspecified atom stereocenters. The van der Waals surface area contributed by atoms with Crippen molar-refractivity contribution in [3.8, 4) is 0 Å². The minimum Gasteiger partial charge on any atom is -0.373 e. The first-order valence-corrected chi connectivity index (χ1v) is 11.5. The smallest absolute Gasteiger partial charge is 0.255 e. The predicted octanol–water partition coefficient (Wildman–Crippen LogP) is 3.35. The molecule has 3 aromatic rings. The molecule has 1 N–H and O–H groups in total. The van der Waals surface area contributed by atoms with Gasteiger partial charge in [0.2, 0.25) is 10.0 Å². The molecule has 4 rings (SSSR count). The topological polar surface area (TPSA) is 88.6 Å². The highest BCUT2D eigenvalue weighted by molar-refractivity contribution is 7.89. The number of carbonyl (C=O) groups is 1. The average Bonchev–Trinajstić information content (AvgIpc) is 3.15. The number of hydrogen-bond acceptors (Lipinski definition) is 6. The highest BCUT2D eigenvalue weighted by Crippen LogP contribution is 2.24. The number of nitrogens with one attached hydrogen (secondary N) is 1. The number of nitrogens with zero attached hydrogens (tertiary/aromatic N) is 2. The summed E-state index contributed by atoms with van der Waals surface area (Å²) in [5.74, 6) is -0.300. The number of morpholine rings is 1. The van der Waals surface area contributed by atoms with E-state index >= 15 is 0 Å². The van der Waals surface area contributed by atoms with Gasteiger partial charge in [0.1, 0.15) is 0 Å². The van der Waals surface area contributed by atoms with E-state index in [1.54, 1.807) is 11.6 Å². The zero-order chi connectivity index (χ0) is 20.6. The second kappa shape index (κ2) is 7.83. The molecule has 7 nitrogen and oxygen atoms in total. The minimum atomic E-state index is -3.63. The van der Waals surface area contributed by atoms with E-state index in [1.165, 1.54) is 39.9 Å². The number of hydrogen-bond donors (Lipinski definition) is 1. The zero-order valence-corrected chi connectivity index (χ0v) is 17.7. The largest absolute Gasteiger partial charge is 0.373 e. The number of sulfonamides is 1. The summed E-state index contributed by atoms with van der Waals surface area (Å²) in [6, 6.07) is 11.5. The van der Waals surface area contributed by atoms with Crippen LogP contribution in [0.2, 0.25) is 0 Å². The van der Waals surface area contributed by atoms with Crippen LogP contribution in [0.1, 0.15) is 24.2 Å². The van der Waals surface area contributed by atoms with Crippen molar-refractivity contribution in [2.75, 3.05) is 18.4 Å². The number of aromatic nitrogens is 1. The van der Waals surface area contributed by atoms with E-state index in [-0.39, 0.29) is 23.0 Å². The van der Waals surface area contributed by atoms with Gasteiger partial charge in [0.25, 0.3) is 5.91 Å². The van der Waals surface area contributed by atoms with Gasteiger partial charge in [-0.05, 0) is 56.3 Å². The first kappa shape index (κ1) is 20.0. The summed E-state index contributed by atoms with van der Waals surface area (Å²) in [7, 11) is -3.63. The Morgan fingerprint density at radius 1 is 1.14 bits per heavy atom. The van der Waals surface area contributed by atoms with Crippen molar-refractivity contribution in [2.24, 2.45) is 0 Å². The third kappa shape index (κ3) is 4.18. The Morgan fingerprint density at radius 3 is 2.52 bits per heavy atom. The molecule has 0 bridgehead atoms. The number of rotatable bonds is 4. The Hall–Kier alpha value is -2.33. The first-order valence-electron chi connectivity index (χ1n) is 9.23. The standard InChI is InChI=1S/C20H21N3O4S2/c1-13-10-23(11-14(2)27-13)29(25,26)17-6-3-15(4-7-17)20(24)22-16-5-8-18-19(9-16)28-12-21-18/h3-9,12-14H,10-11H2,1-2H3,(H,22,24)/t13-,14-/m0/s1. The lowest BCUT2D eigenvalue weighted by Gasteiger charge is -2.34. The van der Waals surface area contributed by atoms with Crippen molar-refractivity contribution in [1.82, 2.24) is 9.29 Å². The lowest BCUT2D eigenvalue weighted by atomic mass is 10.2. The van der Waals surface area contributed by atoms with Crippen LogP contribution in [0.5, 0.6) is 0 Å². The zero-order valence-electron chi connectivity index (χ0n) is 16.0. The number of fused-ring (bicyclic) bond motifs is 1. The van der Waals surface area contributed by atoms with Gasteiger partial charge in [-0.1, -0.05) is 0 Å². The molecule has 2 heterocycles. The molecule has 1 aromatic heterocycles. The molecule has 1 aliphatic heterocycles. The van der Waals surface area contributed by atoms with Gasteiger partial charge in [-0.3, -0.25) is 4.79 Å². The summed E-state index contributed by atoms with van der Waals surface area (Å²) in [4.78, 5) is 16.9. The molecule has 0 saturated carbocycles. The number of amides is 1. The maximum Gasteiger partial charge on any atom is 0.255 e. The highest BCUT2D eigenvalue weighted by atomic mass is 32.2. The molecule has 152 valence electrons. The predicted molar refractivity (Wildman–Crippen MR) is 113 cm³/mol. The third-order valence-electron chi connectivity index (χ3n) is 4.73. The van der Waals surface area contributed by atoms with Gasteiger partial charge in [0, 0.05) is 24.3 Å². The third-order valence-corrected chi connectivity index (χ3v) is 7.37. The molecule has 1 aliphatic rings. The van der Waals surface area contributed by atoms with Crippen LogP contribution in [0.3, 0.4) is 0 Å². The lowest BCUT2D eigenvalue weighted by molar-refractivity contribution is -0.0440. The lowest BCUT2D eigenvalue weighted by Crippen LogP contribution is -2.48. The van der Waals surface area contributed by atoms with Crippen molar-refractivity contribution < 1.29 is 17.9 Å². The van der Waals surface area contributed by atoms with Crippen LogP contribution in [0, 0.1) is 0 Å². The van der Waals surface area contributed by atoms with Crippen LogP contribution in [0.25, 0.3) is 10.2 Å². The molecule has 2 atom stereocenters.